The summed E-state index contributed by atoms with van der Waals surface area (Å²) in [5, 5.41) is 6.67. The monoisotopic (exact) mass is 380 g/mol. The van der Waals surface area contributed by atoms with Gasteiger partial charge in [0.15, 0.2) is 0 Å². The topological polar surface area (TPSA) is 24.9 Å². The van der Waals surface area contributed by atoms with Crippen molar-refractivity contribution >= 4 is 55.6 Å². The zero-order valence-electron chi connectivity index (χ0n) is 10.9. The summed E-state index contributed by atoms with van der Waals surface area (Å²) in [6, 6.07) is 12.0. The Morgan fingerprint density at radius 1 is 1.05 bits per heavy atom. The molecule has 0 saturated heterocycles. The highest BCUT2D eigenvalue weighted by Gasteiger charge is 2.08. The van der Waals surface area contributed by atoms with E-state index < -0.39 is 0 Å². The van der Waals surface area contributed by atoms with Gasteiger partial charge in [0.2, 0.25) is 0 Å². The molecular weight excluding hydrogens is 371 g/mol. The van der Waals surface area contributed by atoms with E-state index >= 15 is 0 Å². The molecular formula is C16H11BrCl2N2. The molecule has 5 heteroatoms. The third-order valence-corrected chi connectivity index (χ3v) is 5.05. The molecule has 2 aromatic carbocycles. The van der Waals surface area contributed by atoms with E-state index in [1.807, 2.05) is 30.5 Å². The molecule has 21 heavy (non-hydrogen) atoms. The molecule has 0 aliphatic rings. The lowest BCUT2D eigenvalue weighted by Gasteiger charge is -2.12. The van der Waals surface area contributed by atoms with E-state index in [0.29, 0.717) is 16.6 Å². The van der Waals surface area contributed by atoms with Gasteiger partial charge in [-0.3, -0.25) is 4.98 Å². The van der Waals surface area contributed by atoms with E-state index in [2.05, 4.69) is 38.4 Å². The van der Waals surface area contributed by atoms with Crippen LogP contribution >= 0.6 is 39.1 Å². The van der Waals surface area contributed by atoms with Crippen molar-refractivity contribution in [3.8, 4) is 0 Å². The quantitative estimate of drug-likeness (QED) is 0.570. The first kappa shape index (κ1) is 14.6. The van der Waals surface area contributed by atoms with E-state index in [9.17, 15) is 0 Å². The molecule has 0 saturated carbocycles. The van der Waals surface area contributed by atoms with Crippen LogP contribution in [0.3, 0.4) is 0 Å². The molecule has 0 aliphatic carbocycles. The van der Waals surface area contributed by atoms with Gasteiger partial charge in [-0.2, -0.15) is 0 Å². The first-order valence-electron chi connectivity index (χ1n) is 6.36. The average Bonchev–Trinajstić information content (AvgIpc) is 2.52. The predicted molar refractivity (Wildman–Crippen MR) is 93.2 cm³/mol. The average molecular weight is 382 g/mol. The van der Waals surface area contributed by atoms with Crippen molar-refractivity contribution in [2.75, 3.05) is 5.32 Å². The minimum atomic E-state index is 0.517. The number of anilines is 1. The van der Waals surface area contributed by atoms with Crippen LogP contribution in [0.15, 0.2) is 53.3 Å². The molecule has 0 bridgehead atoms. The number of aromatic nitrogens is 1. The minimum absolute atomic E-state index is 0.517. The van der Waals surface area contributed by atoms with Crippen LogP contribution in [0.25, 0.3) is 10.8 Å². The molecule has 0 unspecified atom stereocenters. The Morgan fingerprint density at radius 2 is 1.90 bits per heavy atom. The highest BCUT2D eigenvalue weighted by atomic mass is 79.9. The second kappa shape index (κ2) is 6.22. The van der Waals surface area contributed by atoms with Crippen LogP contribution in [0.2, 0.25) is 10.0 Å². The smallest absolute Gasteiger partial charge is 0.0835 e. The molecule has 106 valence electrons. The van der Waals surface area contributed by atoms with Crippen LogP contribution < -0.4 is 5.32 Å². The van der Waals surface area contributed by atoms with Gasteiger partial charge in [0.05, 0.1) is 15.7 Å². The van der Waals surface area contributed by atoms with Crippen LogP contribution in [-0.4, -0.2) is 4.98 Å². The number of nitrogens with zero attached hydrogens (tertiary/aromatic N) is 1. The maximum Gasteiger partial charge on any atom is 0.0835 e. The molecule has 0 atom stereocenters. The van der Waals surface area contributed by atoms with Gasteiger partial charge >= 0.3 is 0 Å². The summed E-state index contributed by atoms with van der Waals surface area (Å²) in [5.74, 6) is 0. The van der Waals surface area contributed by atoms with Crippen molar-refractivity contribution in [2.24, 2.45) is 0 Å². The van der Waals surface area contributed by atoms with Crippen LogP contribution in [0.4, 0.5) is 5.69 Å². The Hall–Kier alpha value is -1.29. The molecule has 1 aromatic heterocycles. The van der Waals surface area contributed by atoms with Crippen LogP contribution in [0.1, 0.15) is 5.56 Å². The molecule has 0 radical (unpaired) electrons. The molecule has 1 heterocycles. The predicted octanol–water partition coefficient (Wildman–Crippen LogP) is 5.92. The lowest BCUT2D eigenvalue weighted by Crippen LogP contribution is -2.01. The van der Waals surface area contributed by atoms with Crippen molar-refractivity contribution in [1.82, 2.24) is 4.98 Å². The second-order valence-electron chi connectivity index (χ2n) is 4.59. The van der Waals surface area contributed by atoms with E-state index in [0.717, 1.165) is 15.5 Å². The summed E-state index contributed by atoms with van der Waals surface area (Å²) in [4.78, 5) is 4.14. The Morgan fingerprint density at radius 3 is 2.76 bits per heavy atom. The van der Waals surface area contributed by atoms with E-state index in [-0.39, 0.29) is 0 Å². The number of rotatable bonds is 3. The van der Waals surface area contributed by atoms with E-state index in [1.54, 1.807) is 6.20 Å². The minimum Gasteiger partial charge on any atom is -0.380 e. The van der Waals surface area contributed by atoms with Crippen LogP contribution in [0, 0.1) is 0 Å². The van der Waals surface area contributed by atoms with Gasteiger partial charge in [0.25, 0.3) is 0 Å². The molecule has 2 nitrogen and oxygen atoms in total. The summed E-state index contributed by atoms with van der Waals surface area (Å²) < 4.78 is 0.788. The SMILES string of the molecule is Clc1c(Br)ccc(NCc2cccc3cnccc23)c1Cl. The van der Waals surface area contributed by atoms with Crippen molar-refractivity contribution < 1.29 is 0 Å². The number of halogens is 3. The standard InChI is InChI=1S/C16H11BrCl2N2/c17-13-4-5-14(16(19)15(13)18)21-9-11-3-1-2-10-8-20-7-6-12(10)11/h1-8,21H,9H2. The molecule has 3 aromatic rings. The summed E-state index contributed by atoms with van der Waals surface area (Å²) in [7, 11) is 0. The summed E-state index contributed by atoms with van der Waals surface area (Å²) >= 11 is 15.7. The van der Waals surface area contributed by atoms with Crippen LogP contribution in [-0.2, 0) is 6.54 Å². The molecule has 1 N–H and O–H groups in total. The first-order chi connectivity index (χ1) is 10.2. The normalized spacial score (nSPS) is 10.8. The summed E-state index contributed by atoms with van der Waals surface area (Å²) in [6.45, 7) is 0.666. The van der Waals surface area contributed by atoms with Gasteiger partial charge in [-0.1, -0.05) is 41.4 Å². The Labute approximate surface area is 141 Å². The van der Waals surface area contributed by atoms with Crippen molar-refractivity contribution in [3.63, 3.8) is 0 Å². The number of benzene rings is 2. The molecule has 0 spiro atoms. The lowest BCUT2D eigenvalue weighted by molar-refractivity contribution is 1.16. The van der Waals surface area contributed by atoms with Crippen molar-refractivity contribution in [2.45, 2.75) is 6.54 Å². The van der Waals surface area contributed by atoms with Gasteiger partial charge in [-0.25, -0.2) is 0 Å². The third-order valence-electron chi connectivity index (χ3n) is 3.28. The highest BCUT2D eigenvalue weighted by Crippen LogP contribution is 2.36. The van der Waals surface area contributed by atoms with Crippen molar-refractivity contribution in [3.05, 3.63) is 68.9 Å². The number of fused-ring (bicyclic) bond motifs is 1. The second-order valence-corrected chi connectivity index (χ2v) is 6.20. The fourth-order valence-electron chi connectivity index (χ4n) is 2.20. The van der Waals surface area contributed by atoms with Gasteiger partial charge in [0.1, 0.15) is 0 Å². The van der Waals surface area contributed by atoms with Crippen molar-refractivity contribution in [1.29, 1.82) is 0 Å². The third kappa shape index (κ3) is 3.00. The highest BCUT2D eigenvalue weighted by molar-refractivity contribution is 9.10. The van der Waals surface area contributed by atoms with Gasteiger partial charge in [-0.15, -0.1) is 0 Å². The van der Waals surface area contributed by atoms with Gasteiger partial charge < -0.3 is 5.32 Å². The summed E-state index contributed by atoms with van der Waals surface area (Å²) in [5.41, 5.74) is 2.00. The molecule has 3 rings (SSSR count). The Kier molecular flexibility index (Phi) is 4.34. The van der Waals surface area contributed by atoms with Gasteiger partial charge in [-0.05, 0) is 45.1 Å². The zero-order valence-corrected chi connectivity index (χ0v) is 14.0. The zero-order chi connectivity index (χ0) is 14.8. The number of nitrogens with one attached hydrogen (secondary N) is 1. The van der Waals surface area contributed by atoms with Crippen LogP contribution in [0.5, 0.6) is 0 Å². The molecule has 0 fully saturated rings. The van der Waals surface area contributed by atoms with E-state index in [4.69, 9.17) is 23.2 Å². The Balaban J connectivity index is 1.89. The summed E-state index contributed by atoms with van der Waals surface area (Å²) in [6.07, 6.45) is 3.66. The van der Waals surface area contributed by atoms with Gasteiger partial charge in [0, 0.05) is 28.8 Å². The number of hydrogen-bond acceptors (Lipinski definition) is 2. The maximum atomic E-state index is 6.25. The molecule has 0 aliphatic heterocycles. The number of pyridine rings is 1. The van der Waals surface area contributed by atoms with E-state index in [1.165, 1.54) is 10.9 Å². The fourth-order valence-corrected chi connectivity index (χ4v) is 3.04. The Bertz CT molecular complexity index is 800. The fraction of sp³-hybridized carbons (Fsp3) is 0.0625. The maximum absolute atomic E-state index is 6.25. The molecule has 0 amide bonds. The lowest BCUT2D eigenvalue weighted by atomic mass is 10.1. The largest absolute Gasteiger partial charge is 0.380 e. The first-order valence-corrected chi connectivity index (χ1v) is 7.90. The number of hydrogen-bond donors (Lipinski definition) is 1.